The van der Waals surface area contributed by atoms with Crippen LogP contribution in [0.4, 0.5) is 0 Å². The normalized spacial score (nSPS) is 18.2. The number of rotatable bonds is 6. The van der Waals surface area contributed by atoms with E-state index >= 15 is 0 Å². The lowest BCUT2D eigenvalue weighted by Gasteiger charge is -2.24. The summed E-state index contributed by atoms with van der Waals surface area (Å²) in [6, 6.07) is 5.69. The maximum atomic E-state index is 12.4. The number of carbonyl (C=O) groups is 1. The Hall–Kier alpha value is -0.770. The molecule has 1 aliphatic heterocycles. The van der Waals surface area contributed by atoms with Crippen molar-refractivity contribution in [3.05, 3.63) is 33.8 Å². The summed E-state index contributed by atoms with van der Waals surface area (Å²) in [6.45, 7) is 1.03. The number of amides is 1. The van der Waals surface area contributed by atoms with Gasteiger partial charge in [0.1, 0.15) is 0 Å². The van der Waals surface area contributed by atoms with E-state index in [9.17, 15) is 4.79 Å². The summed E-state index contributed by atoms with van der Waals surface area (Å²) in [4.78, 5) is 14.3. The Bertz CT molecular complexity index is 493. The third kappa shape index (κ3) is 4.60. The first-order valence-electron chi connectivity index (χ1n) is 7.46. The van der Waals surface area contributed by atoms with E-state index in [0.717, 1.165) is 37.8 Å². The molecule has 5 heteroatoms. The van der Waals surface area contributed by atoms with Gasteiger partial charge in [-0.1, -0.05) is 29.3 Å². The van der Waals surface area contributed by atoms with Gasteiger partial charge in [0.15, 0.2) is 0 Å². The predicted octanol–water partition coefficient (Wildman–Crippen LogP) is 3.69. The Kier molecular flexibility index (Phi) is 6.34. The first kappa shape index (κ1) is 16.6. The molecule has 2 rings (SSSR count). The molecule has 3 nitrogen and oxygen atoms in total. The highest BCUT2D eigenvalue weighted by Gasteiger charge is 2.27. The number of likely N-dealkylation sites (tertiary alicyclic amines) is 1. The predicted molar refractivity (Wildman–Crippen MR) is 85.8 cm³/mol. The minimum Gasteiger partial charge on any atom is -0.396 e. The monoisotopic (exact) mass is 329 g/mol. The van der Waals surface area contributed by atoms with Gasteiger partial charge in [0.05, 0.1) is 0 Å². The van der Waals surface area contributed by atoms with Crippen molar-refractivity contribution in [3.63, 3.8) is 0 Å². The van der Waals surface area contributed by atoms with Gasteiger partial charge in [0, 0.05) is 35.7 Å². The highest BCUT2D eigenvalue weighted by Crippen LogP contribution is 2.25. The summed E-state index contributed by atoms with van der Waals surface area (Å²) in [6.07, 6.45) is 4.87. The number of hydrogen-bond acceptors (Lipinski definition) is 2. The number of nitrogens with zero attached hydrogens (tertiary/aromatic N) is 1. The minimum absolute atomic E-state index is 0.182. The van der Waals surface area contributed by atoms with Crippen LogP contribution in [-0.2, 0) is 11.2 Å². The lowest BCUT2D eigenvalue weighted by atomic mass is 10.1. The molecule has 1 unspecified atom stereocenters. The van der Waals surface area contributed by atoms with E-state index in [0.29, 0.717) is 28.9 Å². The van der Waals surface area contributed by atoms with Crippen molar-refractivity contribution in [3.8, 4) is 0 Å². The van der Waals surface area contributed by atoms with Crippen LogP contribution in [0.1, 0.15) is 37.7 Å². The summed E-state index contributed by atoms with van der Waals surface area (Å²) < 4.78 is 0. The highest BCUT2D eigenvalue weighted by atomic mass is 35.5. The molecule has 0 radical (unpaired) electrons. The number of aryl methyl sites for hydroxylation is 1. The van der Waals surface area contributed by atoms with Gasteiger partial charge >= 0.3 is 0 Å². The van der Waals surface area contributed by atoms with Gasteiger partial charge in [-0.3, -0.25) is 4.79 Å². The van der Waals surface area contributed by atoms with Crippen molar-refractivity contribution in [1.29, 1.82) is 0 Å². The molecule has 116 valence electrons. The zero-order valence-electron chi connectivity index (χ0n) is 12.0. The van der Waals surface area contributed by atoms with Crippen LogP contribution in [0.2, 0.25) is 10.0 Å². The fourth-order valence-electron chi connectivity index (χ4n) is 2.90. The molecule has 0 aromatic heterocycles. The number of hydrogen-bond donors (Lipinski definition) is 1. The molecule has 1 saturated heterocycles. The standard InChI is InChI=1S/C16H21Cl2NO2/c17-13-7-5-12(15(18)11-13)6-8-16(21)19-9-1-3-14(19)4-2-10-20/h5,7,11,14,20H,1-4,6,8-10H2. The van der Waals surface area contributed by atoms with E-state index in [1.165, 1.54) is 0 Å². The second-order valence-corrected chi connectivity index (χ2v) is 6.33. The van der Waals surface area contributed by atoms with Gasteiger partial charge in [-0.2, -0.15) is 0 Å². The summed E-state index contributed by atoms with van der Waals surface area (Å²) >= 11 is 12.0. The van der Waals surface area contributed by atoms with Crippen LogP contribution in [-0.4, -0.2) is 35.1 Å². The molecule has 1 fully saturated rings. The van der Waals surface area contributed by atoms with Gasteiger partial charge in [-0.25, -0.2) is 0 Å². The molecule has 1 heterocycles. The number of aliphatic hydroxyl groups is 1. The molecule has 1 atom stereocenters. The Balaban J connectivity index is 1.88. The van der Waals surface area contributed by atoms with Crippen molar-refractivity contribution >= 4 is 29.1 Å². The van der Waals surface area contributed by atoms with E-state index < -0.39 is 0 Å². The summed E-state index contributed by atoms with van der Waals surface area (Å²) in [5, 5.41) is 10.2. The summed E-state index contributed by atoms with van der Waals surface area (Å²) in [5.74, 6) is 0.182. The zero-order valence-corrected chi connectivity index (χ0v) is 13.5. The topological polar surface area (TPSA) is 40.5 Å². The zero-order chi connectivity index (χ0) is 15.2. The molecular weight excluding hydrogens is 309 g/mol. The number of aliphatic hydroxyl groups excluding tert-OH is 1. The van der Waals surface area contributed by atoms with Gasteiger partial charge < -0.3 is 10.0 Å². The van der Waals surface area contributed by atoms with E-state index in [2.05, 4.69) is 0 Å². The SMILES string of the molecule is O=C(CCc1ccc(Cl)cc1Cl)N1CCCC1CCCO. The molecule has 0 spiro atoms. The summed E-state index contributed by atoms with van der Waals surface area (Å²) in [7, 11) is 0. The third-order valence-electron chi connectivity index (χ3n) is 4.02. The molecule has 0 saturated carbocycles. The Morgan fingerprint density at radius 2 is 2.19 bits per heavy atom. The van der Waals surface area contributed by atoms with Gasteiger partial charge in [0.25, 0.3) is 0 Å². The molecule has 0 aliphatic carbocycles. The molecular formula is C16H21Cl2NO2. The highest BCUT2D eigenvalue weighted by molar-refractivity contribution is 6.35. The van der Waals surface area contributed by atoms with Crippen LogP contribution >= 0.6 is 23.2 Å². The number of benzene rings is 1. The molecule has 1 aromatic carbocycles. The van der Waals surface area contributed by atoms with Crippen molar-refractivity contribution in [2.75, 3.05) is 13.2 Å². The van der Waals surface area contributed by atoms with Gasteiger partial charge in [-0.15, -0.1) is 0 Å². The Morgan fingerprint density at radius 3 is 2.90 bits per heavy atom. The number of carbonyl (C=O) groups excluding carboxylic acids is 1. The average molecular weight is 330 g/mol. The molecule has 21 heavy (non-hydrogen) atoms. The molecule has 1 aliphatic rings. The van der Waals surface area contributed by atoms with Crippen molar-refractivity contribution in [2.24, 2.45) is 0 Å². The number of halogens is 2. The first-order valence-corrected chi connectivity index (χ1v) is 8.21. The van der Waals surface area contributed by atoms with Crippen LogP contribution in [0.25, 0.3) is 0 Å². The van der Waals surface area contributed by atoms with E-state index in [-0.39, 0.29) is 12.5 Å². The Labute approximate surface area is 135 Å². The fourth-order valence-corrected chi connectivity index (χ4v) is 3.40. The van der Waals surface area contributed by atoms with E-state index in [4.69, 9.17) is 28.3 Å². The van der Waals surface area contributed by atoms with Crippen molar-refractivity contribution in [1.82, 2.24) is 4.90 Å². The smallest absolute Gasteiger partial charge is 0.223 e. The van der Waals surface area contributed by atoms with Crippen molar-refractivity contribution < 1.29 is 9.90 Å². The second-order valence-electron chi connectivity index (χ2n) is 5.48. The van der Waals surface area contributed by atoms with Crippen LogP contribution in [0, 0.1) is 0 Å². The van der Waals surface area contributed by atoms with E-state index in [1.807, 2.05) is 11.0 Å². The first-order chi connectivity index (χ1) is 10.1. The summed E-state index contributed by atoms with van der Waals surface area (Å²) in [5.41, 5.74) is 0.959. The van der Waals surface area contributed by atoms with Crippen LogP contribution in [0.15, 0.2) is 18.2 Å². The van der Waals surface area contributed by atoms with Crippen LogP contribution in [0.3, 0.4) is 0 Å². The maximum absolute atomic E-state index is 12.4. The van der Waals surface area contributed by atoms with Crippen LogP contribution < -0.4 is 0 Å². The van der Waals surface area contributed by atoms with Gasteiger partial charge in [0.2, 0.25) is 5.91 Å². The fraction of sp³-hybridized carbons (Fsp3) is 0.562. The van der Waals surface area contributed by atoms with Gasteiger partial charge in [-0.05, 0) is 49.8 Å². The second kappa shape index (κ2) is 8.02. The van der Waals surface area contributed by atoms with Crippen molar-refractivity contribution in [2.45, 2.75) is 44.6 Å². The molecule has 1 aromatic rings. The molecule has 1 N–H and O–H groups in total. The maximum Gasteiger partial charge on any atom is 0.223 e. The Morgan fingerprint density at radius 1 is 1.38 bits per heavy atom. The minimum atomic E-state index is 0.182. The lowest BCUT2D eigenvalue weighted by molar-refractivity contribution is -0.132. The van der Waals surface area contributed by atoms with Crippen LogP contribution in [0.5, 0.6) is 0 Å². The quantitative estimate of drug-likeness (QED) is 0.864. The average Bonchev–Trinajstić information content (AvgIpc) is 2.92. The largest absolute Gasteiger partial charge is 0.396 e. The van der Waals surface area contributed by atoms with E-state index in [1.54, 1.807) is 12.1 Å². The molecule has 0 bridgehead atoms. The molecule has 1 amide bonds. The lowest BCUT2D eigenvalue weighted by Crippen LogP contribution is -2.35. The third-order valence-corrected chi connectivity index (χ3v) is 4.60.